The molecule has 1 aromatic carbocycles. The van der Waals surface area contributed by atoms with Crippen LogP contribution in [-0.4, -0.2) is 28.8 Å². The van der Waals surface area contributed by atoms with Crippen molar-refractivity contribution < 1.29 is 15.0 Å². The van der Waals surface area contributed by atoms with Crippen molar-refractivity contribution in [2.24, 2.45) is 0 Å². The summed E-state index contributed by atoms with van der Waals surface area (Å²) in [4.78, 5) is 10.9. The lowest BCUT2D eigenvalue weighted by atomic mass is 9.96. The molecular weight excluding hydrogens is 218 g/mol. The molecule has 5 heteroatoms. The summed E-state index contributed by atoms with van der Waals surface area (Å²) in [6, 6.07) is 4.33. The van der Waals surface area contributed by atoms with E-state index in [1.165, 1.54) is 0 Å². The van der Waals surface area contributed by atoms with E-state index in [2.05, 4.69) is 5.32 Å². The molecule has 4 nitrogen and oxygen atoms in total. The topological polar surface area (TPSA) is 69.6 Å². The van der Waals surface area contributed by atoms with Crippen molar-refractivity contribution in [2.45, 2.75) is 12.0 Å². The van der Waals surface area contributed by atoms with Gasteiger partial charge in [-0.15, -0.1) is 0 Å². The molecule has 1 aliphatic heterocycles. The molecule has 0 aliphatic carbocycles. The minimum atomic E-state index is -0.971. The van der Waals surface area contributed by atoms with Crippen molar-refractivity contribution in [3.05, 3.63) is 28.8 Å². The molecule has 0 spiro atoms. The molecule has 1 heterocycles. The molecule has 2 atom stereocenters. The number of aliphatic hydroxyl groups excluding tert-OH is 1. The van der Waals surface area contributed by atoms with Crippen LogP contribution in [0.3, 0.4) is 0 Å². The predicted molar refractivity (Wildman–Crippen MR) is 56.3 cm³/mol. The van der Waals surface area contributed by atoms with Crippen LogP contribution in [0.25, 0.3) is 0 Å². The van der Waals surface area contributed by atoms with Gasteiger partial charge in [0.15, 0.2) is 0 Å². The Balaban J connectivity index is 2.41. The second-order valence-electron chi connectivity index (χ2n) is 3.48. The molecule has 1 aliphatic rings. The third kappa shape index (κ3) is 1.66. The molecule has 0 fully saturated rings. The number of hydrogen-bond donors (Lipinski definition) is 3. The number of aliphatic carboxylic acids is 1. The number of hydrogen-bond acceptors (Lipinski definition) is 3. The van der Waals surface area contributed by atoms with E-state index >= 15 is 0 Å². The summed E-state index contributed by atoms with van der Waals surface area (Å²) < 4.78 is 0. The average molecular weight is 228 g/mol. The Morgan fingerprint density at radius 2 is 2.27 bits per heavy atom. The Morgan fingerprint density at radius 3 is 2.87 bits per heavy atom. The number of rotatable bonds is 2. The normalized spacial score (nSPS) is 23.3. The summed E-state index contributed by atoms with van der Waals surface area (Å²) in [5.74, 6) is -1.38. The predicted octanol–water partition coefficient (Wildman–Crippen LogP) is 1.29. The van der Waals surface area contributed by atoms with Gasteiger partial charge in [-0.2, -0.15) is 0 Å². The van der Waals surface area contributed by atoms with Crippen LogP contribution in [0.4, 0.5) is 5.69 Å². The van der Waals surface area contributed by atoms with Crippen molar-refractivity contribution >= 4 is 23.3 Å². The SMILES string of the molecule is O=C(O)[C@@H]1Nc2cc(Cl)ccc2[C@H]1CO. The lowest BCUT2D eigenvalue weighted by molar-refractivity contribution is -0.138. The molecule has 0 bridgehead atoms. The Hall–Kier alpha value is -1.26. The third-order valence-corrected chi connectivity index (χ3v) is 2.83. The zero-order valence-electron chi connectivity index (χ0n) is 7.77. The van der Waals surface area contributed by atoms with Gasteiger partial charge < -0.3 is 15.5 Å². The maximum atomic E-state index is 10.9. The molecule has 0 saturated heterocycles. The van der Waals surface area contributed by atoms with E-state index in [-0.39, 0.29) is 6.61 Å². The molecule has 0 amide bonds. The number of carboxylic acid groups (broad SMARTS) is 1. The van der Waals surface area contributed by atoms with Gasteiger partial charge >= 0.3 is 5.97 Å². The van der Waals surface area contributed by atoms with Gasteiger partial charge in [-0.25, -0.2) is 4.79 Å². The van der Waals surface area contributed by atoms with Gasteiger partial charge in [0.1, 0.15) is 6.04 Å². The van der Waals surface area contributed by atoms with Gasteiger partial charge in [-0.05, 0) is 17.7 Å². The summed E-state index contributed by atoms with van der Waals surface area (Å²) in [5.41, 5.74) is 1.49. The summed E-state index contributed by atoms with van der Waals surface area (Å²) in [7, 11) is 0. The summed E-state index contributed by atoms with van der Waals surface area (Å²) >= 11 is 5.79. The summed E-state index contributed by atoms with van der Waals surface area (Å²) in [5, 5.41) is 21.5. The standard InChI is InChI=1S/C10H10ClNO3/c11-5-1-2-6-7(4-13)9(10(14)15)12-8(6)3-5/h1-3,7,9,12-13H,4H2,(H,14,15)/t7-,9-/m1/s1. The molecule has 3 N–H and O–H groups in total. The van der Waals surface area contributed by atoms with Gasteiger partial charge in [-0.3, -0.25) is 0 Å². The Morgan fingerprint density at radius 1 is 1.53 bits per heavy atom. The number of carbonyl (C=O) groups is 1. The van der Waals surface area contributed by atoms with Crippen molar-refractivity contribution in [3.8, 4) is 0 Å². The highest BCUT2D eigenvalue weighted by atomic mass is 35.5. The number of aliphatic hydroxyl groups is 1. The lowest BCUT2D eigenvalue weighted by Gasteiger charge is -2.12. The highest BCUT2D eigenvalue weighted by Gasteiger charge is 2.36. The summed E-state index contributed by atoms with van der Waals surface area (Å²) in [6.45, 7) is -0.196. The van der Waals surface area contributed by atoms with E-state index < -0.39 is 17.9 Å². The monoisotopic (exact) mass is 227 g/mol. The van der Waals surface area contributed by atoms with E-state index in [4.69, 9.17) is 21.8 Å². The average Bonchev–Trinajstić information content (AvgIpc) is 2.55. The lowest BCUT2D eigenvalue weighted by Crippen LogP contribution is -2.31. The first kappa shape index (κ1) is 10.3. The molecule has 15 heavy (non-hydrogen) atoms. The first-order chi connectivity index (χ1) is 7.13. The van der Waals surface area contributed by atoms with Crippen LogP contribution in [0.15, 0.2) is 18.2 Å². The first-order valence-electron chi connectivity index (χ1n) is 4.53. The van der Waals surface area contributed by atoms with Crippen molar-refractivity contribution in [2.75, 3.05) is 11.9 Å². The molecule has 0 saturated carbocycles. The van der Waals surface area contributed by atoms with Crippen LogP contribution in [0.1, 0.15) is 11.5 Å². The van der Waals surface area contributed by atoms with Crippen LogP contribution in [-0.2, 0) is 4.79 Å². The number of carboxylic acids is 1. The molecule has 0 unspecified atom stereocenters. The van der Waals surface area contributed by atoms with Gasteiger partial charge in [0, 0.05) is 16.6 Å². The van der Waals surface area contributed by atoms with E-state index in [1.807, 2.05) is 0 Å². The van der Waals surface area contributed by atoms with E-state index in [0.29, 0.717) is 10.7 Å². The van der Waals surface area contributed by atoms with E-state index in [0.717, 1.165) is 5.56 Å². The zero-order chi connectivity index (χ0) is 11.0. The highest BCUT2D eigenvalue weighted by molar-refractivity contribution is 6.30. The largest absolute Gasteiger partial charge is 0.480 e. The zero-order valence-corrected chi connectivity index (χ0v) is 8.53. The minimum Gasteiger partial charge on any atom is -0.480 e. The van der Waals surface area contributed by atoms with Gasteiger partial charge in [0.05, 0.1) is 6.61 Å². The van der Waals surface area contributed by atoms with Gasteiger partial charge in [-0.1, -0.05) is 17.7 Å². The van der Waals surface area contributed by atoms with Crippen molar-refractivity contribution in [1.82, 2.24) is 0 Å². The number of anilines is 1. The van der Waals surface area contributed by atoms with Crippen LogP contribution < -0.4 is 5.32 Å². The van der Waals surface area contributed by atoms with Gasteiger partial charge in [0.2, 0.25) is 0 Å². The fourth-order valence-electron chi connectivity index (χ4n) is 1.86. The second-order valence-corrected chi connectivity index (χ2v) is 3.92. The number of fused-ring (bicyclic) bond motifs is 1. The maximum absolute atomic E-state index is 10.9. The fraction of sp³-hybridized carbons (Fsp3) is 0.300. The minimum absolute atomic E-state index is 0.196. The number of halogens is 1. The molecule has 0 radical (unpaired) electrons. The molecule has 1 aromatic rings. The smallest absolute Gasteiger partial charge is 0.326 e. The first-order valence-corrected chi connectivity index (χ1v) is 4.91. The molecule has 2 rings (SSSR count). The van der Waals surface area contributed by atoms with Crippen LogP contribution in [0, 0.1) is 0 Å². The number of nitrogens with one attached hydrogen (secondary N) is 1. The second kappa shape index (κ2) is 3.72. The van der Waals surface area contributed by atoms with Crippen LogP contribution in [0.2, 0.25) is 5.02 Å². The van der Waals surface area contributed by atoms with Crippen LogP contribution >= 0.6 is 11.6 Å². The fourth-order valence-corrected chi connectivity index (χ4v) is 2.03. The van der Waals surface area contributed by atoms with Crippen LogP contribution in [0.5, 0.6) is 0 Å². The number of benzene rings is 1. The highest BCUT2D eigenvalue weighted by Crippen LogP contribution is 2.37. The quantitative estimate of drug-likeness (QED) is 0.712. The molecule has 0 aromatic heterocycles. The molecular formula is C10H10ClNO3. The Labute approximate surface area is 91.5 Å². The van der Waals surface area contributed by atoms with Crippen molar-refractivity contribution in [1.29, 1.82) is 0 Å². The molecule has 80 valence electrons. The van der Waals surface area contributed by atoms with Gasteiger partial charge in [0.25, 0.3) is 0 Å². The van der Waals surface area contributed by atoms with E-state index in [9.17, 15) is 4.79 Å². The Bertz CT molecular complexity index is 408. The Kier molecular flexibility index (Phi) is 2.54. The maximum Gasteiger partial charge on any atom is 0.326 e. The third-order valence-electron chi connectivity index (χ3n) is 2.59. The van der Waals surface area contributed by atoms with Crippen molar-refractivity contribution in [3.63, 3.8) is 0 Å². The summed E-state index contributed by atoms with van der Waals surface area (Å²) in [6.07, 6.45) is 0. The van der Waals surface area contributed by atoms with E-state index in [1.54, 1.807) is 18.2 Å².